The highest BCUT2D eigenvalue weighted by molar-refractivity contribution is 7.12. The largest absolute Gasteiger partial charge is 0.444 e. The Morgan fingerprint density at radius 1 is 1.42 bits per heavy atom. The molecule has 1 aliphatic carbocycles. The third-order valence-corrected chi connectivity index (χ3v) is 4.11. The first-order valence-corrected chi connectivity index (χ1v) is 8.24. The highest BCUT2D eigenvalue weighted by Crippen LogP contribution is 2.35. The second kappa shape index (κ2) is 7.18. The van der Waals surface area contributed by atoms with E-state index < -0.39 is 29.7 Å². The van der Waals surface area contributed by atoms with E-state index >= 15 is 0 Å². The summed E-state index contributed by atoms with van der Waals surface area (Å²) in [7, 11) is 1.39. The molecule has 1 heterocycles. The molecule has 1 aromatic rings. The van der Waals surface area contributed by atoms with E-state index in [1.54, 1.807) is 20.8 Å². The van der Waals surface area contributed by atoms with Crippen molar-refractivity contribution in [3.8, 4) is 0 Å². The Hall–Kier alpha value is -2.13. The number of rotatable bonds is 4. The van der Waals surface area contributed by atoms with Crippen molar-refractivity contribution in [3.63, 3.8) is 0 Å². The zero-order valence-electron chi connectivity index (χ0n) is 14.0. The summed E-state index contributed by atoms with van der Waals surface area (Å²) in [6, 6.07) is 1.18. The fraction of sp³-hybridized carbons (Fsp3) is 0.533. The molecule has 0 saturated carbocycles. The fourth-order valence-corrected chi connectivity index (χ4v) is 3.24. The van der Waals surface area contributed by atoms with E-state index in [9.17, 15) is 14.7 Å². The summed E-state index contributed by atoms with van der Waals surface area (Å²) >= 11 is 1.41. The molecule has 2 rings (SSSR count). The number of aliphatic hydroxyl groups is 1. The van der Waals surface area contributed by atoms with Gasteiger partial charge in [-0.15, -0.1) is 11.3 Å². The predicted octanol–water partition coefficient (Wildman–Crippen LogP) is 1.16. The summed E-state index contributed by atoms with van der Waals surface area (Å²) in [5.74, 6) is -0.444. The summed E-state index contributed by atoms with van der Waals surface area (Å²) in [6.07, 6.45) is -1.68. The molecule has 0 aromatic carbocycles. The number of hydrogen-bond donors (Lipinski definition) is 3. The lowest BCUT2D eigenvalue weighted by atomic mass is 10.1. The lowest BCUT2D eigenvalue weighted by Crippen LogP contribution is -2.43. The first kappa shape index (κ1) is 18.2. The van der Waals surface area contributed by atoms with E-state index in [-0.39, 0.29) is 6.54 Å². The summed E-state index contributed by atoms with van der Waals surface area (Å²) in [6.45, 7) is 4.94. The van der Waals surface area contributed by atoms with Crippen molar-refractivity contribution in [2.24, 2.45) is 5.16 Å². The van der Waals surface area contributed by atoms with Gasteiger partial charge in [0.25, 0.3) is 0 Å². The molecule has 2 unspecified atom stereocenters. The monoisotopic (exact) mass is 355 g/mol. The van der Waals surface area contributed by atoms with E-state index in [0.29, 0.717) is 5.71 Å². The van der Waals surface area contributed by atoms with Gasteiger partial charge in [-0.3, -0.25) is 4.79 Å². The van der Waals surface area contributed by atoms with Gasteiger partial charge in [0.2, 0.25) is 5.91 Å². The highest BCUT2D eigenvalue weighted by Gasteiger charge is 2.39. The van der Waals surface area contributed by atoms with Crippen molar-refractivity contribution in [1.82, 2.24) is 10.6 Å². The standard InChI is InChI=1S/C15H21N3O5S/c1-15(2,3)23-14(21)16-7-9(19)17-10-8-5-6-24-13(8)11(12(10)20)18-22-4/h5-6,10,12,20H,7H2,1-4H3,(H,16,21)(H,17,19)/b18-11-. The molecule has 0 aliphatic heterocycles. The second-order valence-corrected chi connectivity index (χ2v) is 7.13. The first-order chi connectivity index (χ1) is 11.2. The quantitative estimate of drug-likeness (QED) is 0.702. The average Bonchev–Trinajstić information content (AvgIpc) is 3.02. The number of hydrogen-bond acceptors (Lipinski definition) is 7. The fourth-order valence-electron chi connectivity index (χ4n) is 2.28. The smallest absolute Gasteiger partial charge is 0.408 e. The lowest BCUT2D eigenvalue weighted by molar-refractivity contribution is -0.121. The third kappa shape index (κ3) is 4.24. The van der Waals surface area contributed by atoms with E-state index in [1.165, 1.54) is 18.4 Å². The average molecular weight is 355 g/mol. The molecule has 132 valence electrons. The molecule has 0 fully saturated rings. The Balaban J connectivity index is 1.95. The number of oxime groups is 1. The number of nitrogens with one attached hydrogen (secondary N) is 2. The summed E-state index contributed by atoms with van der Waals surface area (Å²) in [5.41, 5.74) is 0.515. The number of amides is 2. The Morgan fingerprint density at radius 2 is 2.12 bits per heavy atom. The molecule has 24 heavy (non-hydrogen) atoms. The molecule has 0 saturated heterocycles. The van der Waals surface area contributed by atoms with Gasteiger partial charge in [-0.1, -0.05) is 5.16 Å². The summed E-state index contributed by atoms with van der Waals surface area (Å²) in [4.78, 5) is 29.1. The number of fused-ring (bicyclic) bond motifs is 1. The third-order valence-electron chi connectivity index (χ3n) is 3.16. The number of nitrogens with zero attached hydrogens (tertiary/aromatic N) is 1. The maximum Gasteiger partial charge on any atom is 0.408 e. The maximum absolute atomic E-state index is 12.1. The van der Waals surface area contributed by atoms with Crippen LogP contribution < -0.4 is 10.6 Å². The molecule has 0 bridgehead atoms. The van der Waals surface area contributed by atoms with Crippen LogP contribution in [0.5, 0.6) is 0 Å². The molecular formula is C15H21N3O5S. The van der Waals surface area contributed by atoms with Gasteiger partial charge >= 0.3 is 6.09 Å². The van der Waals surface area contributed by atoms with Gasteiger partial charge in [0.05, 0.1) is 10.9 Å². The van der Waals surface area contributed by atoms with Crippen LogP contribution >= 0.6 is 11.3 Å². The minimum Gasteiger partial charge on any atom is -0.444 e. The minimum absolute atomic E-state index is 0.256. The molecule has 8 nitrogen and oxygen atoms in total. The molecule has 0 spiro atoms. The highest BCUT2D eigenvalue weighted by atomic mass is 32.1. The number of thiophene rings is 1. The van der Waals surface area contributed by atoms with Crippen molar-refractivity contribution in [3.05, 3.63) is 21.9 Å². The number of carbonyl (C=O) groups is 2. The van der Waals surface area contributed by atoms with Gasteiger partial charge in [-0.25, -0.2) is 4.79 Å². The van der Waals surface area contributed by atoms with Gasteiger partial charge in [0.1, 0.15) is 31.1 Å². The molecule has 9 heteroatoms. The molecule has 2 atom stereocenters. The zero-order valence-corrected chi connectivity index (χ0v) is 14.8. The molecule has 2 amide bonds. The van der Waals surface area contributed by atoms with Crippen LogP contribution in [0.25, 0.3) is 0 Å². The van der Waals surface area contributed by atoms with Gasteiger partial charge in [0, 0.05) is 0 Å². The van der Waals surface area contributed by atoms with Crippen LogP contribution in [-0.2, 0) is 14.4 Å². The maximum atomic E-state index is 12.1. The van der Waals surface area contributed by atoms with E-state index in [0.717, 1.165) is 10.4 Å². The normalized spacial score (nSPS) is 21.3. The predicted molar refractivity (Wildman–Crippen MR) is 89.0 cm³/mol. The molecule has 0 radical (unpaired) electrons. The number of aliphatic hydroxyl groups excluding tert-OH is 1. The van der Waals surface area contributed by atoms with E-state index in [2.05, 4.69) is 15.8 Å². The minimum atomic E-state index is -1.00. The van der Waals surface area contributed by atoms with E-state index in [1.807, 2.05) is 11.4 Å². The van der Waals surface area contributed by atoms with Gasteiger partial charge < -0.3 is 25.3 Å². The molecule has 3 N–H and O–H groups in total. The molecule has 1 aliphatic rings. The van der Waals surface area contributed by atoms with Crippen LogP contribution in [0, 0.1) is 0 Å². The Morgan fingerprint density at radius 3 is 2.75 bits per heavy atom. The van der Waals surface area contributed by atoms with Crippen LogP contribution in [0.4, 0.5) is 4.79 Å². The van der Waals surface area contributed by atoms with Crippen LogP contribution in [0.3, 0.4) is 0 Å². The molecular weight excluding hydrogens is 334 g/mol. The van der Waals surface area contributed by atoms with E-state index in [4.69, 9.17) is 9.57 Å². The van der Waals surface area contributed by atoms with Crippen LogP contribution in [0.15, 0.2) is 16.6 Å². The SMILES string of the molecule is CO/N=C1\c2sccc2C(NC(=O)CNC(=O)OC(C)(C)C)C1O. The van der Waals surface area contributed by atoms with Crippen LogP contribution in [0.1, 0.15) is 37.3 Å². The van der Waals surface area contributed by atoms with Crippen LogP contribution in [0.2, 0.25) is 0 Å². The number of alkyl carbamates (subject to hydrolysis) is 1. The van der Waals surface area contributed by atoms with Crippen molar-refractivity contribution >= 4 is 29.0 Å². The Kier molecular flexibility index (Phi) is 5.45. The number of carbonyl (C=O) groups excluding carboxylic acids is 2. The van der Waals surface area contributed by atoms with Crippen molar-refractivity contribution in [2.75, 3.05) is 13.7 Å². The Labute approximate surface area is 143 Å². The molecule has 1 aromatic heterocycles. The summed E-state index contributed by atoms with van der Waals surface area (Å²) < 4.78 is 5.06. The van der Waals surface area contributed by atoms with Crippen molar-refractivity contribution in [2.45, 2.75) is 38.5 Å². The topological polar surface area (TPSA) is 109 Å². The van der Waals surface area contributed by atoms with Crippen molar-refractivity contribution in [1.29, 1.82) is 0 Å². The Bertz CT molecular complexity index is 650. The summed E-state index contributed by atoms with van der Waals surface area (Å²) in [5, 5.41) is 21.1. The van der Waals surface area contributed by atoms with Gasteiger partial charge in [0.15, 0.2) is 0 Å². The van der Waals surface area contributed by atoms with Crippen molar-refractivity contribution < 1.29 is 24.3 Å². The lowest BCUT2D eigenvalue weighted by Gasteiger charge is -2.20. The van der Waals surface area contributed by atoms with Crippen LogP contribution in [-0.4, -0.2) is 48.2 Å². The van der Waals surface area contributed by atoms with Gasteiger partial charge in [-0.2, -0.15) is 0 Å². The zero-order chi connectivity index (χ0) is 17.9. The first-order valence-electron chi connectivity index (χ1n) is 7.36. The number of ether oxygens (including phenoxy) is 1. The van der Waals surface area contributed by atoms with Gasteiger partial charge in [-0.05, 0) is 37.8 Å². The second-order valence-electron chi connectivity index (χ2n) is 6.21.